The minimum atomic E-state index is 0.110. The second-order valence-electron chi connectivity index (χ2n) is 0.729. The van der Waals surface area contributed by atoms with E-state index in [1.54, 1.807) is 0 Å². The van der Waals surface area contributed by atoms with Crippen LogP contribution in [0.2, 0.25) is 0 Å². The molecule has 0 heterocycles. The van der Waals surface area contributed by atoms with Gasteiger partial charge in [0.15, 0.2) is 0 Å². The zero-order valence-electron chi connectivity index (χ0n) is 3.68. The van der Waals surface area contributed by atoms with Crippen molar-refractivity contribution < 1.29 is 9.63 Å². The molecule has 3 heteroatoms. The molecule has 38 valence electrons. The molecular formula is C4H5NO2. The molecular weight excluding hydrogens is 94.0 g/mol. The van der Waals surface area contributed by atoms with Crippen molar-refractivity contribution in [2.45, 2.75) is 0 Å². The van der Waals surface area contributed by atoms with Crippen LogP contribution in [0.4, 0.5) is 0 Å². The summed E-state index contributed by atoms with van der Waals surface area (Å²) in [5.41, 5.74) is 1.93. The monoisotopic (exact) mass is 99.0 g/mol. The van der Waals surface area contributed by atoms with Crippen molar-refractivity contribution in [1.82, 2.24) is 5.48 Å². The van der Waals surface area contributed by atoms with E-state index in [2.05, 4.69) is 10.8 Å². The van der Waals surface area contributed by atoms with E-state index in [1.165, 1.54) is 0 Å². The van der Waals surface area contributed by atoms with Crippen molar-refractivity contribution in [3.63, 3.8) is 0 Å². The molecule has 0 saturated carbocycles. The Labute approximate surface area is 41.6 Å². The van der Waals surface area contributed by atoms with Crippen molar-refractivity contribution in [2.75, 3.05) is 6.61 Å². The summed E-state index contributed by atoms with van der Waals surface area (Å²) in [5.74, 6) is 2.16. The Morgan fingerprint density at radius 2 is 2.71 bits per heavy atom. The van der Waals surface area contributed by atoms with Gasteiger partial charge in [0.05, 0.1) is 0 Å². The molecule has 3 nitrogen and oxygen atoms in total. The van der Waals surface area contributed by atoms with Crippen LogP contribution in [0.25, 0.3) is 0 Å². The molecule has 0 bridgehead atoms. The number of hydrogen-bond donors (Lipinski definition) is 1. The maximum absolute atomic E-state index is 9.37. The van der Waals surface area contributed by atoms with Crippen molar-refractivity contribution in [3.05, 3.63) is 0 Å². The molecule has 0 aliphatic rings. The van der Waals surface area contributed by atoms with Gasteiger partial charge < -0.3 is 0 Å². The third-order valence-corrected chi connectivity index (χ3v) is 0.287. The van der Waals surface area contributed by atoms with Crippen molar-refractivity contribution in [2.24, 2.45) is 0 Å². The van der Waals surface area contributed by atoms with Crippen LogP contribution in [0.15, 0.2) is 0 Å². The highest BCUT2D eigenvalue weighted by Crippen LogP contribution is 1.55. The molecule has 0 aromatic rings. The SMILES string of the molecule is C#CCONC=O. The van der Waals surface area contributed by atoms with Gasteiger partial charge in [-0.15, -0.1) is 6.42 Å². The molecule has 0 saturated heterocycles. The number of carbonyl (C=O) groups is 1. The number of carbonyl (C=O) groups excluding carboxylic acids is 1. The topological polar surface area (TPSA) is 38.3 Å². The summed E-state index contributed by atoms with van der Waals surface area (Å²) in [7, 11) is 0. The fraction of sp³-hybridized carbons (Fsp3) is 0.250. The lowest BCUT2D eigenvalue weighted by Gasteiger charge is -1.89. The Morgan fingerprint density at radius 1 is 2.00 bits per heavy atom. The van der Waals surface area contributed by atoms with Crippen LogP contribution in [0.1, 0.15) is 0 Å². The lowest BCUT2D eigenvalue weighted by molar-refractivity contribution is -0.119. The zero-order chi connectivity index (χ0) is 5.54. The largest absolute Gasteiger partial charge is 0.277 e. The zero-order valence-corrected chi connectivity index (χ0v) is 3.68. The van der Waals surface area contributed by atoms with Gasteiger partial charge in [0, 0.05) is 0 Å². The maximum Gasteiger partial charge on any atom is 0.230 e. The number of amides is 1. The van der Waals surface area contributed by atoms with E-state index >= 15 is 0 Å². The predicted molar refractivity (Wildman–Crippen MR) is 24.0 cm³/mol. The van der Waals surface area contributed by atoms with Gasteiger partial charge in [-0.25, -0.2) is 5.48 Å². The van der Waals surface area contributed by atoms with Gasteiger partial charge in [0.2, 0.25) is 6.41 Å². The summed E-state index contributed by atoms with van der Waals surface area (Å²) < 4.78 is 0. The Hall–Kier alpha value is -1.01. The minimum Gasteiger partial charge on any atom is -0.277 e. The van der Waals surface area contributed by atoms with E-state index in [4.69, 9.17) is 6.42 Å². The van der Waals surface area contributed by atoms with Crippen LogP contribution in [0.3, 0.4) is 0 Å². The predicted octanol–water partition coefficient (Wildman–Crippen LogP) is -0.703. The van der Waals surface area contributed by atoms with Crippen molar-refractivity contribution in [3.8, 4) is 12.3 Å². The fourth-order valence-electron chi connectivity index (χ4n) is 0.117. The first kappa shape index (κ1) is 5.99. The Balaban J connectivity index is 2.72. The van der Waals surface area contributed by atoms with Crippen LogP contribution in [0, 0.1) is 12.3 Å². The Morgan fingerprint density at radius 3 is 3.14 bits per heavy atom. The summed E-state index contributed by atoms with van der Waals surface area (Å²) in [4.78, 5) is 13.7. The van der Waals surface area contributed by atoms with Gasteiger partial charge in [0.1, 0.15) is 6.61 Å². The third kappa shape index (κ3) is 4.99. The van der Waals surface area contributed by atoms with E-state index < -0.39 is 0 Å². The molecule has 0 fully saturated rings. The standard InChI is InChI=1S/C4H5NO2/c1-2-3-7-5-4-6/h1,4H,3H2,(H,5,6). The number of hydrogen-bond acceptors (Lipinski definition) is 2. The summed E-state index contributed by atoms with van der Waals surface area (Å²) in [6.07, 6.45) is 5.15. The van der Waals surface area contributed by atoms with Crippen LogP contribution >= 0.6 is 0 Å². The third-order valence-electron chi connectivity index (χ3n) is 0.287. The second-order valence-corrected chi connectivity index (χ2v) is 0.729. The maximum atomic E-state index is 9.37. The molecule has 0 unspecified atom stereocenters. The van der Waals surface area contributed by atoms with Crippen molar-refractivity contribution >= 4 is 6.41 Å². The fourth-order valence-corrected chi connectivity index (χ4v) is 0.117. The van der Waals surface area contributed by atoms with Gasteiger partial charge in [-0.05, 0) is 0 Å². The first-order valence-corrected chi connectivity index (χ1v) is 1.66. The lowest BCUT2D eigenvalue weighted by Crippen LogP contribution is -2.10. The number of rotatable bonds is 3. The highest BCUT2D eigenvalue weighted by molar-refractivity contribution is 5.43. The van der Waals surface area contributed by atoms with Crippen LogP contribution in [0.5, 0.6) is 0 Å². The highest BCUT2D eigenvalue weighted by atomic mass is 16.6. The number of nitrogens with one attached hydrogen (secondary N) is 1. The van der Waals surface area contributed by atoms with Gasteiger partial charge in [-0.3, -0.25) is 9.63 Å². The second kappa shape index (κ2) is 4.99. The summed E-state index contributed by atoms with van der Waals surface area (Å²) in [5, 5.41) is 0. The average Bonchev–Trinajstić information content (AvgIpc) is 1.69. The lowest BCUT2D eigenvalue weighted by atomic mass is 10.8. The van der Waals surface area contributed by atoms with E-state index in [1.807, 2.05) is 5.48 Å². The molecule has 0 spiro atoms. The first-order valence-electron chi connectivity index (χ1n) is 1.66. The normalized spacial score (nSPS) is 6.71. The molecule has 1 N–H and O–H groups in total. The molecule has 0 aliphatic carbocycles. The van der Waals surface area contributed by atoms with Crippen LogP contribution in [-0.4, -0.2) is 13.0 Å². The molecule has 1 amide bonds. The quantitative estimate of drug-likeness (QED) is 0.220. The smallest absolute Gasteiger partial charge is 0.230 e. The average molecular weight is 99.1 g/mol. The molecule has 0 aromatic carbocycles. The highest BCUT2D eigenvalue weighted by Gasteiger charge is 1.70. The van der Waals surface area contributed by atoms with Gasteiger partial charge in [0.25, 0.3) is 0 Å². The van der Waals surface area contributed by atoms with E-state index in [0.717, 1.165) is 0 Å². The molecule has 0 rings (SSSR count). The molecule has 0 atom stereocenters. The molecule has 0 radical (unpaired) electrons. The number of hydroxylamine groups is 1. The van der Waals surface area contributed by atoms with Crippen molar-refractivity contribution in [1.29, 1.82) is 0 Å². The van der Waals surface area contributed by atoms with Crippen LogP contribution < -0.4 is 5.48 Å². The summed E-state index contributed by atoms with van der Waals surface area (Å²) in [6, 6.07) is 0. The summed E-state index contributed by atoms with van der Waals surface area (Å²) >= 11 is 0. The molecule has 7 heavy (non-hydrogen) atoms. The van der Waals surface area contributed by atoms with Gasteiger partial charge in [-0.2, -0.15) is 0 Å². The minimum absolute atomic E-state index is 0.110. The van der Waals surface area contributed by atoms with E-state index in [0.29, 0.717) is 6.41 Å². The van der Waals surface area contributed by atoms with E-state index in [9.17, 15) is 4.79 Å². The van der Waals surface area contributed by atoms with Gasteiger partial charge in [-0.1, -0.05) is 5.92 Å². The Kier molecular flexibility index (Phi) is 4.27. The molecule has 0 aliphatic heterocycles. The Bertz CT molecular complexity index is 84.2. The number of terminal acetylenes is 1. The van der Waals surface area contributed by atoms with Crippen LogP contribution in [-0.2, 0) is 9.63 Å². The first-order chi connectivity index (χ1) is 3.41. The van der Waals surface area contributed by atoms with Gasteiger partial charge >= 0.3 is 0 Å². The van der Waals surface area contributed by atoms with E-state index in [-0.39, 0.29) is 6.61 Å². The summed E-state index contributed by atoms with van der Waals surface area (Å²) in [6.45, 7) is 0.110. The molecule has 0 aromatic heterocycles.